The number of hydrogen-bond donors (Lipinski definition) is 2. The molecule has 1 aromatic carbocycles. The number of phenols is 1. The molecule has 0 fully saturated rings. The summed E-state index contributed by atoms with van der Waals surface area (Å²) in [4.78, 5) is 39.6. The number of phenolic OH excluding ortho intramolecular Hbond substituents is 1. The van der Waals surface area contributed by atoms with Crippen LogP contribution in [0.5, 0.6) is 11.5 Å². The fourth-order valence-corrected chi connectivity index (χ4v) is 4.75. The van der Waals surface area contributed by atoms with Crippen LogP contribution in [0.3, 0.4) is 0 Å². The highest BCUT2D eigenvalue weighted by molar-refractivity contribution is 6.32. The van der Waals surface area contributed by atoms with Gasteiger partial charge in [0.1, 0.15) is 5.92 Å². The first-order chi connectivity index (χ1) is 16.0. The van der Waals surface area contributed by atoms with Crippen LogP contribution in [-0.4, -0.2) is 43.2 Å². The van der Waals surface area contributed by atoms with Gasteiger partial charge in [-0.3, -0.25) is 9.59 Å². The summed E-state index contributed by atoms with van der Waals surface area (Å²) in [6, 6.07) is 3.02. The molecule has 0 amide bonds. The summed E-state index contributed by atoms with van der Waals surface area (Å²) in [6.45, 7) is 7.23. The molecule has 3 rings (SSSR count). The van der Waals surface area contributed by atoms with Crippen molar-refractivity contribution in [1.82, 2.24) is 5.32 Å². The maximum Gasteiger partial charge on any atom is 0.337 e. The number of carbonyl (C=O) groups is 3. The molecule has 9 heteroatoms. The molecule has 1 heterocycles. The minimum atomic E-state index is -1.01. The van der Waals surface area contributed by atoms with Crippen LogP contribution in [-0.2, 0) is 23.9 Å². The Morgan fingerprint density at radius 3 is 2.56 bits per heavy atom. The number of esters is 2. The van der Waals surface area contributed by atoms with Crippen LogP contribution in [0, 0.1) is 11.8 Å². The van der Waals surface area contributed by atoms with Crippen molar-refractivity contribution in [3.05, 3.63) is 45.3 Å². The summed E-state index contributed by atoms with van der Waals surface area (Å²) in [5.41, 5.74) is 2.13. The van der Waals surface area contributed by atoms with Gasteiger partial charge in [-0.1, -0.05) is 25.4 Å². The quantitative estimate of drug-likeness (QED) is 0.453. The van der Waals surface area contributed by atoms with E-state index in [-0.39, 0.29) is 39.7 Å². The van der Waals surface area contributed by atoms with E-state index in [9.17, 15) is 19.5 Å². The third-order valence-corrected chi connectivity index (χ3v) is 6.74. The zero-order valence-corrected chi connectivity index (χ0v) is 20.9. The smallest absolute Gasteiger partial charge is 0.337 e. The van der Waals surface area contributed by atoms with E-state index in [1.54, 1.807) is 13.8 Å². The highest BCUT2D eigenvalue weighted by Gasteiger charge is 2.47. The fourth-order valence-electron chi connectivity index (χ4n) is 4.53. The van der Waals surface area contributed by atoms with Crippen molar-refractivity contribution >= 4 is 29.3 Å². The maximum absolute atomic E-state index is 13.7. The molecule has 184 valence electrons. The van der Waals surface area contributed by atoms with E-state index in [2.05, 4.69) is 5.32 Å². The summed E-state index contributed by atoms with van der Waals surface area (Å²) in [5.74, 6) is -3.99. The number of allylic oxidation sites excluding steroid dienone is 3. The summed E-state index contributed by atoms with van der Waals surface area (Å²) < 4.78 is 15.8. The van der Waals surface area contributed by atoms with Gasteiger partial charge in [0.2, 0.25) is 0 Å². The standard InChI is InChI=1S/C25H30ClNO7/c1-7-12(3)34-25(31)19-13(4)27-16-8-11(2)18(24(30)33-6)23(29)21(16)20(19)14-9-15(26)22(28)17(10-14)32-5/h9-12,18,20,27-28H,7-8H2,1-6H3/t11-,12-,18+,20+/m0/s1. The molecular weight excluding hydrogens is 462 g/mol. The second-order valence-corrected chi connectivity index (χ2v) is 9.12. The molecule has 0 saturated heterocycles. The molecule has 0 aromatic heterocycles. The number of halogens is 1. The predicted molar refractivity (Wildman–Crippen MR) is 125 cm³/mol. The third kappa shape index (κ3) is 4.51. The van der Waals surface area contributed by atoms with Gasteiger partial charge in [0.15, 0.2) is 17.3 Å². The Labute approximate surface area is 203 Å². The average Bonchev–Trinajstić information content (AvgIpc) is 2.79. The van der Waals surface area contributed by atoms with Gasteiger partial charge in [-0.15, -0.1) is 0 Å². The first-order valence-corrected chi connectivity index (χ1v) is 11.5. The van der Waals surface area contributed by atoms with Crippen molar-refractivity contribution in [2.75, 3.05) is 14.2 Å². The average molecular weight is 492 g/mol. The molecule has 2 N–H and O–H groups in total. The van der Waals surface area contributed by atoms with Crippen LogP contribution in [0.2, 0.25) is 5.02 Å². The van der Waals surface area contributed by atoms with Crippen LogP contribution < -0.4 is 10.1 Å². The van der Waals surface area contributed by atoms with Gasteiger partial charge in [0.05, 0.1) is 30.9 Å². The Morgan fingerprint density at radius 1 is 1.29 bits per heavy atom. The Morgan fingerprint density at radius 2 is 1.97 bits per heavy atom. The number of nitrogens with one attached hydrogen (secondary N) is 1. The summed E-state index contributed by atoms with van der Waals surface area (Å²) >= 11 is 6.27. The van der Waals surface area contributed by atoms with Crippen LogP contribution in [0.4, 0.5) is 0 Å². The first-order valence-electron chi connectivity index (χ1n) is 11.2. The number of benzene rings is 1. The van der Waals surface area contributed by atoms with Gasteiger partial charge >= 0.3 is 11.9 Å². The molecule has 8 nitrogen and oxygen atoms in total. The van der Waals surface area contributed by atoms with Crippen LogP contribution in [0.1, 0.15) is 52.0 Å². The van der Waals surface area contributed by atoms with E-state index >= 15 is 0 Å². The number of Topliss-reactive ketones (excluding diaryl/α,β-unsaturated/α-hetero) is 1. The molecule has 2 aliphatic rings. The molecular formula is C25H30ClNO7. The molecule has 0 saturated carbocycles. The Balaban J connectivity index is 2.25. The first kappa shape index (κ1) is 25.6. The van der Waals surface area contributed by atoms with Gasteiger partial charge < -0.3 is 24.6 Å². The lowest BCUT2D eigenvalue weighted by atomic mass is 9.69. The van der Waals surface area contributed by atoms with E-state index in [4.69, 9.17) is 25.8 Å². The van der Waals surface area contributed by atoms with Crippen molar-refractivity contribution in [3.63, 3.8) is 0 Å². The number of hydrogen-bond acceptors (Lipinski definition) is 8. The van der Waals surface area contributed by atoms with Crippen molar-refractivity contribution < 1.29 is 33.7 Å². The van der Waals surface area contributed by atoms with E-state index in [1.165, 1.54) is 26.4 Å². The van der Waals surface area contributed by atoms with Crippen LogP contribution >= 0.6 is 11.6 Å². The normalized spacial score (nSPS) is 23.1. The molecule has 1 aromatic rings. The zero-order chi connectivity index (χ0) is 25.3. The molecule has 1 aliphatic carbocycles. The SMILES string of the molecule is CC[C@H](C)OC(=O)C1=C(C)NC2=C(C(=O)[C@H](C(=O)OC)[C@@H](C)C2)[C@@H]1c1cc(Cl)c(O)c(OC)c1. The lowest BCUT2D eigenvalue weighted by Gasteiger charge is -2.38. The summed E-state index contributed by atoms with van der Waals surface area (Å²) in [6.07, 6.45) is 0.682. The molecule has 1 aliphatic heterocycles. The fraction of sp³-hybridized carbons (Fsp3) is 0.480. The number of methoxy groups -OCH3 is 2. The minimum absolute atomic E-state index is 0.00322. The Hall–Kier alpha value is -3.00. The highest BCUT2D eigenvalue weighted by atomic mass is 35.5. The number of rotatable bonds is 6. The van der Waals surface area contributed by atoms with Crippen molar-refractivity contribution in [2.45, 2.75) is 52.6 Å². The minimum Gasteiger partial charge on any atom is -0.503 e. The van der Waals surface area contributed by atoms with E-state index in [0.717, 1.165) is 0 Å². The summed E-state index contributed by atoms with van der Waals surface area (Å²) in [5, 5.41) is 13.5. The largest absolute Gasteiger partial charge is 0.503 e. The highest BCUT2D eigenvalue weighted by Crippen LogP contribution is 2.48. The van der Waals surface area contributed by atoms with Gasteiger partial charge in [-0.05, 0) is 50.3 Å². The topological polar surface area (TPSA) is 111 Å². The number of ether oxygens (including phenoxy) is 3. The lowest BCUT2D eigenvalue weighted by molar-refractivity contribution is -0.151. The van der Waals surface area contributed by atoms with Crippen molar-refractivity contribution in [1.29, 1.82) is 0 Å². The van der Waals surface area contributed by atoms with Gasteiger partial charge in [-0.2, -0.15) is 0 Å². The predicted octanol–water partition coefficient (Wildman–Crippen LogP) is 4.01. The molecule has 0 radical (unpaired) electrons. The number of ketones is 1. The van der Waals surface area contributed by atoms with Gasteiger partial charge in [0.25, 0.3) is 0 Å². The molecule has 4 atom stereocenters. The second kappa shape index (κ2) is 10.1. The zero-order valence-electron chi connectivity index (χ0n) is 20.2. The van der Waals surface area contributed by atoms with Gasteiger partial charge in [0, 0.05) is 22.9 Å². The van der Waals surface area contributed by atoms with Crippen LogP contribution in [0.25, 0.3) is 0 Å². The van der Waals surface area contributed by atoms with Crippen molar-refractivity contribution in [3.8, 4) is 11.5 Å². The lowest BCUT2D eigenvalue weighted by Crippen LogP contribution is -2.43. The molecule has 0 bridgehead atoms. The van der Waals surface area contributed by atoms with E-state index in [0.29, 0.717) is 29.8 Å². The number of carbonyl (C=O) groups excluding carboxylic acids is 3. The third-order valence-electron chi connectivity index (χ3n) is 6.45. The van der Waals surface area contributed by atoms with Crippen LogP contribution in [0.15, 0.2) is 34.7 Å². The van der Waals surface area contributed by atoms with Crippen molar-refractivity contribution in [2.24, 2.45) is 11.8 Å². The molecule has 0 spiro atoms. The second-order valence-electron chi connectivity index (χ2n) is 8.71. The Kier molecular flexibility index (Phi) is 7.60. The maximum atomic E-state index is 13.7. The number of aromatic hydroxyl groups is 1. The van der Waals surface area contributed by atoms with E-state index in [1.807, 2.05) is 13.8 Å². The monoisotopic (exact) mass is 491 g/mol. The Bertz CT molecular complexity index is 1090. The molecule has 0 unspecified atom stereocenters. The molecule has 34 heavy (non-hydrogen) atoms. The van der Waals surface area contributed by atoms with E-state index < -0.39 is 29.6 Å². The number of dihydropyridines is 1. The summed E-state index contributed by atoms with van der Waals surface area (Å²) in [7, 11) is 2.62. The van der Waals surface area contributed by atoms with Gasteiger partial charge in [-0.25, -0.2) is 4.79 Å².